The van der Waals surface area contributed by atoms with Crippen molar-refractivity contribution < 1.29 is 28.9 Å². The van der Waals surface area contributed by atoms with Gasteiger partial charge in [-0.05, 0) is 59.5 Å². The molecule has 1 amide bonds. The van der Waals surface area contributed by atoms with Crippen molar-refractivity contribution in [1.82, 2.24) is 5.32 Å². The summed E-state index contributed by atoms with van der Waals surface area (Å²) in [6, 6.07) is 20.5. The van der Waals surface area contributed by atoms with Gasteiger partial charge >= 0.3 is 6.16 Å². The van der Waals surface area contributed by atoms with Crippen LogP contribution in [0.2, 0.25) is 0 Å². The molecule has 0 radical (unpaired) electrons. The molecule has 4 rings (SSSR count). The molecule has 0 bridgehead atoms. The minimum absolute atomic E-state index is 0.272. The second-order valence-electron chi connectivity index (χ2n) is 8.38. The highest BCUT2D eigenvalue weighted by Gasteiger charge is 2.42. The lowest BCUT2D eigenvalue weighted by Gasteiger charge is -2.28. The lowest BCUT2D eigenvalue weighted by Crippen LogP contribution is -2.52. The molecule has 2 N–H and O–H groups in total. The average molecular weight is 462 g/mol. The topological polar surface area (TPSA) is 94.1 Å². The molecule has 34 heavy (non-hydrogen) atoms. The first-order chi connectivity index (χ1) is 16.4. The van der Waals surface area contributed by atoms with E-state index in [1.54, 1.807) is 25.3 Å². The summed E-state index contributed by atoms with van der Waals surface area (Å²) in [5.74, 6) is 1.01. The van der Waals surface area contributed by atoms with Crippen molar-refractivity contribution in [2.75, 3.05) is 13.7 Å². The molecule has 0 fully saturated rings. The van der Waals surface area contributed by atoms with Gasteiger partial charge in [-0.15, -0.1) is 0 Å². The first-order valence-electron chi connectivity index (χ1n) is 11.0. The van der Waals surface area contributed by atoms with Gasteiger partial charge in [0.15, 0.2) is 5.72 Å². The first-order valence-corrected chi connectivity index (χ1v) is 11.0. The van der Waals surface area contributed by atoms with Crippen LogP contribution >= 0.6 is 0 Å². The normalized spacial score (nSPS) is 13.6. The largest absolute Gasteiger partial charge is 0.507 e. The number of hydrogen-bond acceptors (Lipinski definition) is 5. The zero-order chi connectivity index (χ0) is 24.1. The maximum Gasteiger partial charge on any atom is 0.507 e. The number of methoxy groups -OCH3 is 1. The Labute approximate surface area is 198 Å². The highest BCUT2D eigenvalue weighted by molar-refractivity contribution is 5.95. The van der Waals surface area contributed by atoms with Crippen molar-refractivity contribution in [3.8, 4) is 11.5 Å². The third-order valence-corrected chi connectivity index (χ3v) is 5.87. The first kappa shape index (κ1) is 23.2. The second kappa shape index (κ2) is 9.87. The molecule has 0 saturated carbocycles. The fraction of sp³-hybridized carbons (Fsp3) is 0.259. The van der Waals surface area contributed by atoms with Gasteiger partial charge in [0.25, 0.3) is 5.91 Å². The van der Waals surface area contributed by atoms with Crippen LogP contribution in [0.3, 0.4) is 0 Å². The summed E-state index contributed by atoms with van der Waals surface area (Å²) in [5.41, 5.74) is 2.86. The maximum absolute atomic E-state index is 13.2. The van der Waals surface area contributed by atoms with Gasteiger partial charge in [0.05, 0.1) is 13.7 Å². The number of amides is 1. The predicted molar refractivity (Wildman–Crippen MR) is 127 cm³/mol. The molecule has 7 heteroatoms. The van der Waals surface area contributed by atoms with Crippen LogP contribution in [0.25, 0.3) is 0 Å². The number of hydrogen-bond donors (Lipinski definition) is 2. The molecule has 176 valence electrons. The van der Waals surface area contributed by atoms with E-state index in [9.17, 15) is 14.7 Å². The van der Waals surface area contributed by atoms with Gasteiger partial charge in [-0.25, -0.2) is 4.79 Å². The van der Waals surface area contributed by atoms with Crippen molar-refractivity contribution in [3.05, 3.63) is 94.5 Å². The minimum atomic E-state index is -1.43. The third kappa shape index (κ3) is 5.31. The zero-order valence-electron chi connectivity index (χ0n) is 19.2. The second-order valence-corrected chi connectivity index (χ2v) is 8.38. The zero-order valence-corrected chi connectivity index (χ0v) is 19.2. The van der Waals surface area contributed by atoms with E-state index in [0.29, 0.717) is 24.3 Å². The molecular weight excluding hydrogens is 434 g/mol. The fourth-order valence-electron chi connectivity index (χ4n) is 4.31. The number of carboxylic acid groups (broad SMARTS) is 1. The number of nitrogens with one attached hydrogen (secondary N) is 1. The van der Waals surface area contributed by atoms with Gasteiger partial charge in [0, 0.05) is 24.8 Å². The molecule has 7 nitrogen and oxygen atoms in total. The number of carbonyl (C=O) groups excluding carboxylic acids is 1. The molecule has 0 spiro atoms. The lowest BCUT2D eigenvalue weighted by atomic mass is 10.0. The number of carbonyl (C=O) groups is 2. The molecule has 1 aliphatic carbocycles. The van der Waals surface area contributed by atoms with Gasteiger partial charge < -0.3 is 24.6 Å². The predicted octanol–water partition coefficient (Wildman–Crippen LogP) is 4.54. The number of aryl methyl sites for hydroxylation is 1. The minimum Gasteiger partial charge on any atom is -0.496 e. The SMILES string of the molecule is COc1ccc(C(=O)NC2(OC(=O)O)Cc3ccccc3C2)cc1CCOc1cccc(C)c1. The number of fused-ring (bicyclic) bond motifs is 1. The van der Waals surface area contributed by atoms with Crippen LogP contribution in [0.5, 0.6) is 11.5 Å². The summed E-state index contributed by atoms with van der Waals surface area (Å²) in [6.07, 6.45) is -0.361. The summed E-state index contributed by atoms with van der Waals surface area (Å²) in [4.78, 5) is 24.6. The summed E-state index contributed by atoms with van der Waals surface area (Å²) in [7, 11) is 1.57. The number of rotatable bonds is 8. The monoisotopic (exact) mass is 461 g/mol. The summed E-state index contributed by atoms with van der Waals surface area (Å²) < 4.78 is 16.5. The Morgan fingerprint density at radius 2 is 1.74 bits per heavy atom. The Balaban J connectivity index is 1.49. The van der Waals surface area contributed by atoms with Crippen LogP contribution in [0.4, 0.5) is 4.79 Å². The Morgan fingerprint density at radius 3 is 2.38 bits per heavy atom. The van der Waals surface area contributed by atoms with E-state index in [1.807, 2.05) is 55.5 Å². The smallest absolute Gasteiger partial charge is 0.496 e. The molecule has 0 atom stereocenters. The van der Waals surface area contributed by atoms with Crippen molar-refractivity contribution in [1.29, 1.82) is 0 Å². The van der Waals surface area contributed by atoms with Crippen LogP contribution < -0.4 is 14.8 Å². The molecule has 0 heterocycles. The average Bonchev–Trinajstić information content (AvgIpc) is 3.15. The molecule has 0 aromatic heterocycles. The Bertz CT molecular complexity index is 1180. The third-order valence-electron chi connectivity index (χ3n) is 5.87. The molecule has 0 unspecified atom stereocenters. The Hall–Kier alpha value is -4.00. The van der Waals surface area contributed by atoms with E-state index in [1.165, 1.54) is 0 Å². The van der Waals surface area contributed by atoms with E-state index < -0.39 is 17.8 Å². The van der Waals surface area contributed by atoms with E-state index >= 15 is 0 Å². The molecule has 3 aromatic rings. The van der Waals surface area contributed by atoms with Crippen molar-refractivity contribution in [2.24, 2.45) is 0 Å². The van der Waals surface area contributed by atoms with Crippen molar-refractivity contribution in [2.45, 2.75) is 31.9 Å². The Kier molecular flexibility index (Phi) is 6.72. The summed E-state index contributed by atoms with van der Waals surface area (Å²) in [5, 5.41) is 12.1. The van der Waals surface area contributed by atoms with E-state index in [4.69, 9.17) is 14.2 Å². The van der Waals surface area contributed by atoms with Gasteiger partial charge in [-0.2, -0.15) is 0 Å². The molecule has 0 aliphatic heterocycles. The van der Waals surface area contributed by atoms with Gasteiger partial charge in [0.2, 0.25) is 0 Å². The summed E-state index contributed by atoms with van der Waals surface area (Å²) in [6.45, 7) is 2.41. The molecular formula is C27H27NO6. The van der Waals surface area contributed by atoms with Crippen LogP contribution in [0.1, 0.15) is 32.6 Å². The highest BCUT2D eigenvalue weighted by atomic mass is 16.7. The lowest BCUT2D eigenvalue weighted by molar-refractivity contribution is -0.0299. The maximum atomic E-state index is 13.2. The quantitative estimate of drug-likeness (QED) is 0.378. The summed E-state index contributed by atoms with van der Waals surface area (Å²) >= 11 is 0. The number of benzene rings is 3. The van der Waals surface area contributed by atoms with Crippen molar-refractivity contribution >= 4 is 12.1 Å². The Morgan fingerprint density at radius 1 is 1.00 bits per heavy atom. The van der Waals surface area contributed by atoms with E-state index in [2.05, 4.69) is 5.32 Å². The van der Waals surface area contributed by atoms with Crippen LogP contribution in [-0.4, -0.2) is 36.6 Å². The van der Waals surface area contributed by atoms with Crippen molar-refractivity contribution in [3.63, 3.8) is 0 Å². The fourth-order valence-corrected chi connectivity index (χ4v) is 4.31. The van der Waals surface area contributed by atoms with E-state index in [0.717, 1.165) is 28.0 Å². The van der Waals surface area contributed by atoms with Crippen LogP contribution in [0, 0.1) is 6.92 Å². The van der Waals surface area contributed by atoms with E-state index in [-0.39, 0.29) is 12.8 Å². The molecule has 1 aliphatic rings. The van der Waals surface area contributed by atoms with Gasteiger partial charge in [-0.1, -0.05) is 36.4 Å². The standard InChI is InChI=1S/C27H27NO6/c1-18-6-5-9-23(14-18)33-13-12-19-15-20(10-11-24(19)32-2)25(29)28-27(34-26(30)31)16-21-7-3-4-8-22(21)17-27/h3-11,14-15H,12-13,16-17H2,1-2H3,(H,28,29)(H,30,31). The van der Waals surface area contributed by atoms with Crippen LogP contribution in [0.15, 0.2) is 66.7 Å². The van der Waals surface area contributed by atoms with Crippen LogP contribution in [-0.2, 0) is 24.0 Å². The molecule has 0 saturated heterocycles. The highest BCUT2D eigenvalue weighted by Crippen LogP contribution is 2.32. The molecule has 3 aromatic carbocycles. The van der Waals surface area contributed by atoms with Gasteiger partial charge in [0.1, 0.15) is 11.5 Å². The van der Waals surface area contributed by atoms with Gasteiger partial charge in [-0.3, -0.25) is 4.79 Å². The number of ether oxygens (including phenoxy) is 3.